The zero-order valence-electron chi connectivity index (χ0n) is 14.0. The molecule has 2 N–H and O–H groups in total. The maximum Gasteiger partial charge on any atom is 0.122 e. The first-order valence-electron chi connectivity index (χ1n) is 7.94. The first-order chi connectivity index (χ1) is 10.4. The number of aromatic nitrogens is 2. The highest BCUT2D eigenvalue weighted by molar-refractivity contribution is 5.40. The summed E-state index contributed by atoms with van der Waals surface area (Å²) in [5.74, 6) is 1.09. The van der Waals surface area contributed by atoms with Gasteiger partial charge < -0.3 is 10.3 Å². The van der Waals surface area contributed by atoms with Gasteiger partial charge >= 0.3 is 0 Å². The van der Waals surface area contributed by atoms with Crippen LogP contribution >= 0.6 is 0 Å². The molecule has 0 bridgehead atoms. The summed E-state index contributed by atoms with van der Waals surface area (Å²) >= 11 is 0. The zero-order chi connectivity index (χ0) is 15.9. The number of rotatable bonds is 3. The molecule has 0 spiro atoms. The van der Waals surface area contributed by atoms with Gasteiger partial charge in [-0.15, -0.1) is 0 Å². The molecule has 1 atom stereocenters. The van der Waals surface area contributed by atoms with E-state index in [1.165, 1.54) is 16.7 Å². The van der Waals surface area contributed by atoms with Crippen LogP contribution in [0.4, 0.5) is 0 Å². The summed E-state index contributed by atoms with van der Waals surface area (Å²) in [5, 5.41) is 0. The molecule has 0 saturated heterocycles. The molecule has 1 aromatic carbocycles. The van der Waals surface area contributed by atoms with Crippen LogP contribution in [0.2, 0.25) is 0 Å². The van der Waals surface area contributed by atoms with E-state index in [-0.39, 0.29) is 11.5 Å². The van der Waals surface area contributed by atoms with Gasteiger partial charge in [0.1, 0.15) is 5.82 Å². The lowest BCUT2D eigenvalue weighted by atomic mass is 9.85. The molecule has 0 amide bonds. The second-order valence-electron chi connectivity index (χ2n) is 7.27. The third-order valence-electron chi connectivity index (χ3n) is 4.67. The maximum atomic E-state index is 6.10. The van der Waals surface area contributed by atoms with Crippen molar-refractivity contribution >= 4 is 0 Å². The van der Waals surface area contributed by atoms with Gasteiger partial charge in [-0.1, -0.05) is 39.0 Å². The van der Waals surface area contributed by atoms with Gasteiger partial charge in [0.05, 0.1) is 6.54 Å². The Morgan fingerprint density at radius 2 is 2.09 bits per heavy atom. The van der Waals surface area contributed by atoms with E-state index in [9.17, 15) is 0 Å². The van der Waals surface area contributed by atoms with Crippen molar-refractivity contribution in [2.24, 2.45) is 12.8 Å². The van der Waals surface area contributed by atoms with Crippen LogP contribution in [0, 0.1) is 0 Å². The Hall–Kier alpha value is -1.65. The Labute approximate surface area is 133 Å². The molecule has 118 valence electrons. The van der Waals surface area contributed by atoms with E-state index in [1.54, 1.807) is 0 Å². The molecule has 0 saturated carbocycles. The first kappa shape index (κ1) is 15.3. The summed E-state index contributed by atoms with van der Waals surface area (Å²) < 4.78 is 2.08. The van der Waals surface area contributed by atoms with Crippen molar-refractivity contribution in [1.82, 2.24) is 14.5 Å². The van der Waals surface area contributed by atoms with Crippen molar-refractivity contribution in [3.63, 3.8) is 0 Å². The Kier molecular flexibility index (Phi) is 3.83. The van der Waals surface area contributed by atoms with Crippen LogP contribution in [0.25, 0.3) is 0 Å². The molecule has 0 radical (unpaired) electrons. The van der Waals surface area contributed by atoms with E-state index in [2.05, 4.69) is 53.4 Å². The molecular formula is C18H26N4. The van der Waals surface area contributed by atoms with E-state index in [4.69, 9.17) is 5.73 Å². The largest absolute Gasteiger partial charge is 0.337 e. The van der Waals surface area contributed by atoms with E-state index in [0.717, 1.165) is 18.9 Å². The number of fused-ring (bicyclic) bond motifs is 1. The molecule has 4 heteroatoms. The Morgan fingerprint density at radius 1 is 1.32 bits per heavy atom. The van der Waals surface area contributed by atoms with Crippen molar-refractivity contribution in [1.29, 1.82) is 0 Å². The third kappa shape index (κ3) is 2.69. The van der Waals surface area contributed by atoms with Gasteiger partial charge in [0.15, 0.2) is 0 Å². The van der Waals surface area contributed by atoms with Crippen LogP contribution in [-0.4, -0.2) is 21.0 Å². The summed E-state index contributed by atoms with van der Waals surface area (Å²) in [4.78, 5) is 6.88. The summed E-state index contributed by atoms with van der Waals surface area (Å²) in [7, 11) is 2.04. The van der Waals surface area contributed by atoms with Gasteiger partial charge in [-0.25, -0.2) is 4.98 Å². The molecule has 2 aromatic rings. The van der Waals surface area contributed by atoms with E-state index in [0.29, 0.717) is 6.54 Å². The van der Waals surface area contributed by atoms with Crippen LogP contribution in [-0.2, 0) is 25.6 Å². The number of aryl methyl sites for hydroxylation is 1. The summed E-state index contributed by atoms with van der Waals surface area (Å²) in [5.41, 5.74) is 10.4. The smallest absolute Gasteiger partial charge is 0.122 e. The van der Waals surface area contributed by atoms with E-state index >= 15 is 0 Å². The minimum Gasteiger partial charge on any atom is -0.337 e. The molecule has 1 aliphatic heterocycles. The van der Waals surface area contributed by atoms with Crippen LogP contribution in [0.15, 0.2) is 30.6 Å². The van der Waals surface area contributed by atoms with Crippen molar-refractivity contribution in [2.75, 3.05) is 6.54 Å². The van der Waals surface area contributed by atoms with Gasteiger partial charge in [0.2, 0.25) is 0 Å². The lowest BCUT2D eigenvalue weighted by molar-refractivity contribution is 0.203. The quantitative estimate of drug-likeness (QED) is 0.948. The van der Waals surface area contributed by atoms with Crippen molar-refractivity contribution in [2.45, 2.75) is 45.3 Å². The first-order valence-corrected chi connectivity index (χ1v) is 7.94. The lowest BCUT2D eigenvalue weighted by Crippen LogP contribution is -2.28. The number of hydrogen-bond acceptors (Lipinski definition) is 3. The second-order valence-corrected chi connectivity index (χ2v) is 7.27. The maximum absolute atomic E-state index is 6.10. The summed E-state index contributed by atoms with van der Waals surface area (Å²) in [6, 6.07) is 7.17. The minimum atomic E-state index is 0.168. The molecule has 0 fully saturated rings. The van der Waals surface area contributed by atoms with Gasteiger partial charge in [-0.2, -0.15) is 0 Å². The van der Waals surface area contributed by atoms with Crippen LogP contribution < -0.4 is 5.73 Å². The fourth-order valence-corrected chi connectivity index (χ4v) is 3.21. The summed E-state index contributed by atoms with van der Waals surface area (Å²) in [6.07, 6.45) is 3.85. The molecule has 1 aromatic heterocycles. The average Bonchev–Trinajstić information content (AvgIpc) is 3.01. The van der Waals surface area contributed by atoms with Crippen molar-refractivity contribution < 1.29 is 0 Å². The Morgan fingerprint density at radius 3 is 2.68 bits per heavy atom. The Bertz CT molecular complexity index is 666. The number of hydrogen-bond donors (Lipinski definition) is 1. The van der Waals surface area contributed by atoms with Gasteiger partial charge in [-0.05, 0) is 22.1 Å². The zero-order valence-corrected chi connectivity index (χ0v) is 14.0. The van der Waals surface area contributed by atoms with Crippen molar-refractivity contribution in [3.8, 4) is 0 Å². The van der Waals surface area contributed by atoms with E-state index < -0.39 is 0 Å². The fourth-order valence-electron chi connectivity index (χ4n) is 3.21. The monoisotopic (exact) mass is 298 g/mol. The third-order valence-corrected chi connectivity index (χ3v) is 4.67. The topological polar surface area (TPSA) is 47.1 Å². The number of imidazole rings is 1. The Balaban J connectivity index is 1.89. The predicted octanol–water partition coefficient (Wildman–Crippen LogP) is 2.73. The molecule has 2 heterocycles. The van der Waals surface area contributed by atoms with Gasteiger partial charge in [0, 0.05) is 38.6 Å². The number of nitrogens with two attached hydrogens (primary N) is 1. The molecule has 22 heavy (non-hydrogen) atoms. The normalized spacial score (nSPS) is 18.7. The summed E-state index contributed by atoms with van der Waals surface area (Å²) in [6.45, 7) is 9.21. The fraction of sp³-hybridized carbons (Fsp3) is 0.500. The molecular weight excluding hydrogens is 272 g/mol. The van der Waals surface area contributed by atoms with Crippen LogP contribution in [0.5, 0.6) is 0 Å². The number of benzene rings is 1. The number of nitrogens with zero attached hydrogens (tertiary/aromatic N) is 3. The minimum absolute atomic E-state index is 0.168. The highest BCUT2D eigenvalue weighted by Crippen LogP contribution is 2.36. The second kappa shape index (κ2) is 5.52. The van der Waals surface area contributed by atoms with Gasteiger partial charge in [0.25, 0.3) is 0 Å². The van der Waals surface area contributed by atoms with Gasteiger partial charge in [-0.3, -0.25) is 4.90 Å². The van der Waals surface area contributed by atoms with Crippen LogP contribution in [0.1, 0.15) is 49.3 Å². The lowest BCUT2D eigenvalue weighted by Gasteiger charge is -2.24. The SMILES string of the molecule is Cn1ccnc1CN1Cc2ccc(C(C)(C)C)cc2C1CN. The standard InChI is InChI=1S/C18H26N4/c1-18(2,3)14-6-5-13-11-22(16(10-19)15(13)9-14)12-17-20-7-8-21(17)4/h5-9,16H,10-12,19H2,1-4H3. The molecule has 3 rings (SSSR count). The van der Waals surface area contributed by atoms with Crippen LogP contribution in [0.3, 0.4) is 0 Å². The highest BCUT2D eigenvalue weighted by Gasteiger charge is 2.31. The van der Waals surface area contributed by atoms with E-state index in [1.807, 2.05) is 19.4 Å². The van der Waals surface area contributed by atoms with Crippen molar-refractivity contribution in [3.05, 3.63) is 53.1 Å². The molecule has 1 aliphatic rings. The highest BCUT2D eigenvalue weighted by atomic mass is 15.2. The molecule has 0 aliphatic carbocycles. The predicted molar refractivity (Wildman–Crippen MR) is 89.4 cm³/mol. The molecule has 1 unspecified atom stereocenters. The average molecular weight is 298 g/mol. The molecule has 4 nitrogen and oxygen atoms in total.